The molecule has 0 aliphatic carbocycles. The summed E-state index contributed by atoms with van der Waals surface area (Å²) in [5, 5.41) is 0. The van der Waals surface area contributed by atoms with Gasteiger partial charge in [-0.05, 0) is 24.5 Å². The van der Waals surface area contributed by atoms with E-state index in [2.05, 4.69) is 0 Å². The molecule has 0 N–H and O–H groups in total. The van der Waals surface area contributed by atoms with Crippen molar-refractivity contribution in [2.75, 3.05) is 7.11 Å². The molecule has 1 saturated heterocycles. The largest absolute Gasteiger partial charge is 0.465 e. The lowest BCUT2D eigenvalue weighted by Gasteiger charge is -2.20. The zero-order chi connectivity index (χ0) is 14.5. The lowest BCUT2D eigenvalue weighted by molar-refractivity contribution is -0.144. The molecule has 0 aromatic heterocycles. The molecule has 0 bridgehead atoms. The number of likely N-dealkylation sites (tertiary alicyclic amines) is 1. The van der Waals surface area contributed by atoms with Crippen LogP contribution in [0.1, 0.15) is 41.6 Å². The van der Waals surface area contributed by atoms with E-state index in [1.165, 1.54) is 12.0 Å². The fourth-order valence-electron chi connectivity index (χ4n) is 2.28. The Morgan fingerprint density at radius 3 is 2.35 bits per heavy atom. The molecule has 0 spiro atoms. The number of amides is 2. The number of carbonyl (C=O) groups is 3. The van der Waals surface area contributed by atoms with Crippen molar-refractivity contribution in [2.24, 2.45) is 0 Å². The summed E-state index contributed by atoms with van der Waals surface area (Å²) in [5.74, 6) is -0.811. The van der Waals surface area contributed by atoms with Gasteiger partial charge in [0.15, 0.2) is 0 Å². The number of methoxy groups -OCH3 is 1. The molecular weight excluding hydrogens is 258 g/mol. The summed E-state index contributed by atoms with van der Waals surface area (Å²) in [6, 6.07) is 6.86. The fourth-order valence-corrected chi connectivity index (χ4v) is 2.28. The van der Waals surface area contributed by atoms with Gasteiger partial charge in [-0.25, -0.2) is 4.79 Å². The van der Waals surface area contributed by atoms with Crippen LogP contribution in [0, 0.1) is 0 Å². The molecule has 5 nitrogen and oxygen atoms in total. The molecule has 0 saturated carbocycles. The van der Waals surface area contributed by atoms with Gasteiger partial charge in [0.2, 0.25) is 11.8 Å². The van der Waals surface area contributed by atoms with Crippen LogP contribution in [-0.2, 0) is 20.9 Å². The molecule has 0 unspecified atom stereocenters. The third-order valence-electron chi connectivity index (χ3n) is 3.38. The minimum absolute atomic E-state index is 0.128. The number of nitrogens with zero attached hydrogens (tertiary/aromatic N) is 1. The van der Waals surface area contributed by atoms with Crippen molar-refractivity contribution in [1.82, 2.24) is 4.90 Å². The van der Waals surface area contributed by atoms with Gasteiger partial charge in [-0.3, -0.25) is 14.5 Å². The minimum Gasteiger partial charge on any atom is -0.465 e. The van der Waals surface area contributed by atoms with E-state index in [9.17, 15) is 14.4 Å². The summed E-state index contributed by atoms with van der Waals surface area (Å²) in [5.41, 5.74) is 1.02. The molecule has 1 aromatic rings. The molecule has 1 aliphatic heterocycles. The summed E-state index contributed by atoms with van der Waals surface area (Å²) in [7, 11) is 1.31. The van der Waals surface area contributed by atoms with E-state index in [4.69, 9.17) is 4.74 Å². The monoisotopic (exact) mass is 275 g/mol. The van der Waals surface area contributed by atoms with Gasteiger partial charge in [-0.1, -0.05) is 18.2 Å². The Morgan fingerprint density at radius 1 is 1.15 bits per heavy atom. The van der Waals surface area contributed by atoms with Gasteiger partial charge in [-0.2, -0.15) is 0 Å². The van der Waals surface area contributed by atoms with Crippen LogP contribution in [0.4, 0.5) is 0 Å². The van der Waals surface area contributed by atoms with Crippen molar-refractivity contribution in [1.29, 1.82) is 0 Å². The summed E-state index contributed by atoms with van der Waals surface area (Å²) in [4.78, 5) is 36.9. The van der Waals surface area contributed by atoms with Crippen molar-refractivity contribution in [3.8, 4) is 0 Å². The second-order valence-electron chi connectivity index (χ2n) is 4.73. The van der Waals surface area contributed by atoms with Gasteiger partial charge in [0.1, 0.15) is 0 Å². The lowest BCUT2D eigenvalue weighted by Crippen LogP contribution is -2.35. The van der Waals surface area contributed by atoms with E-state index in [-0.39, 0.29) is 18.4 Å². The quantitative estimate of drug-likeness (QED) is 0.624. The average Bonchev–Trinajstić information content (AvgIpc) is 2.62. The molecular formula is C15H17NO4. The van der Waals surface area contributed by atoms with E-state index < -0.39 is 5.97 Å². The first-order chi connectivity index (χ1) is 9.63. The standard InChI is InChI=1S/C15H17NO4/c1-20-15(19)12-7-3-2-6-11(12)10-16-13(17)8-4-5-9-14(16)18/h2-3,6-7H,4-5,8-10H2,1H3. The fraction of sp³-hybridized carbons (Fsp3) is 0.400. The normalized spacial score (nSPS) is 15.9. The number of carbonyl (C=O) groups excluding carboxylic acids is 3. The zero-order valence-electron chi connectivity index (χ0n) is 11.4. The Hall–Kier alpha value is -2.17. The number of hydrogen-bond donors (Lipinski definition) is 0. The third kappa shape index (κ3) is 3.04. The first-order valence-corrected chi connectivity index (χ1v) is 6.63. The van der Waals surface area contributed by atoms with E-state index >= 15 is 0 Å². The molecule has 5 heteroatoms. The van der Waals surface area contributed by atoms with Crippen LogP contribution in [0.2, 0.25) is 0 Å². The van der Waals surface area contributed by atoms with Crippen LogP contribution in [-0.4, -0.2) is 29.8 Å². The number of esters is 1. The Kier molecular flexibility index (Phi) is 4.50. The molecule has 106 valence electrons. The van der Waals surface area contributed by atoms with Crippen LogP contribution in [0.3, 0.4) is 0 Å². The topological polar surface area (TPSA) is 63.7 Å². The molecule has 1 aliphatic rings. The number of imide groups is 1. The van der Waals surface area contributed by atoms with Gasteiger partial charge >= 0.3 is 5.97 Å². The van der Waals surface area contributed by atoms with Gasteiger partial charge < -0.3 is 4.74 Å². The smallest absolute Gasteiger partial charge is 0.338 e. The van der Waals surface area contributed by atoms with Crippen molar-refractivity contribution < 1.29 is 19.1 Å². The molecule has 1 aromatic carbocycles. The second kappa shape index (κ2) is 6.32. The molecule has 0 radical (unpaired) electrons. The van der Waals surface area contributed by atoms with Crippen molar-refractivity contribution in [2.45, 2.75) is 32.2 Å². The first-order valence-electron chi connectivity index (χ1n) is 6.63. The van der Waals surface area contributed by atoms with Crippen LogP contribution < -0.4 is 0 Å². The van der Waals surface area contributed by atoms with E-state index in [1.54, 1.807) is 24.3 Å². The highest BCUT2D eigenvalue weighted by molar-refractivity contribution is 5.96. The lowest BCUT2D eigenvalue weighted by atomic mass is 10.1. The Balaban J connectivity index is 2.26. The first kappa shape index (κ1) is 14.2. The number of benzene rings is 1. The van der Waals surface area contributed by atoms with E-state index in [1.807, 2.05) is 0 Å². The van der Waals surface area contributed by atoms with E-state index in [0.29, 0.717) is 24.0 Å². The van der Waals surface area contributed by atoms with Gasteiger partial charge in [0, 0.05) is 12.8 Å². The average molecular weight is 275 g/mol. The molecule has 2 rings (SSSR count). The highest BCUT2D eigenvalue weighted by Crippen LogP contribution is 2.18. The van der Waals surface area contributed by atoms with Crippen LogP contribution >= 0.6 is 0 Å². The van der Waals surface area contributed by atoms with Gasteiger partial charge in [0.05, 0.1) is 19.2 Å². The van der Waals surface area contributed by atoms with E-state index in [0.717, 1.165) is 12.8 Å². The van der Waals surface area contributed by atoms with Gasteiger partial charge in [0.25, 0.3) is 0 Å². The Bertz CT molecular complexity index is 520. The highest BCUT2D eigenvalue weighted by atomic mass is 16.5. The molecule has 1 fully saturated rings. The SMILES string of the molecule is COC(=O)c1ccccc1CN1C(=O)CCCCC1=O. The van der Waals surface area contributed by atoms with Crippen molar-refractivity contribution in [3.05, 3.63) is 35.4 Å². The van der Waals surface area contributed by atoms with Crippen molar-refractivity contribution in [3.63, 3.8) is 0 Å². The van der Waals surface area contributed by atoms with Gasteiger partial charge in [-0.15, -0.1) is 0 Å². The predicted molar refractivity (Wildman–Crippen MR) is 71.8 cm³/mol. The summed E-state index contributed by atoms with van der Waals surface area (Å²) in [6.45, 7) is 0.128. The summed E-state index contributed by atoms with van der Waals surface area (Å²) >= 11 is 0. The molecule has 0 atom stereocenters. The zero-order valence-corrected chi connectivity index (χ0v) is 11.4. The summed E-state index contributed by atoms with van der Waals surface area (Å²) < 4.78 is 4.72. The maximum atomic E-state index is 12.0. The van der Waals surface area contributed by atoms with Crippen LogP contribution in [0.15, 0.2) is 24.3 Å². The van der Waals surface area contributed by atoms with Crippen molar-refractivity contribution >= 4 is 17.8 Å². The second-order valence-corrected chi connectivity index (χ2v) is 4.73. The number of hydrogen-bond acceptors (Lipinski definition) is 4. The Labute approximate surface area is 117 Å². The molecule has 1 heterocycles. The maximum Gasteiger partial charge on any atom is 0.338 e. The van der Waals surface area contributed by atoms with Crippen LogP contribution in [0.5, 0.6) is 0 Å². The third-order valence-corrected chi connectivity index (χ3v) is 3.38. The Morgan fingerprint density at radius 2 is 1.75 bits per heavy atom. The molecule has 20 heavy (non-hydrogen) atoms. The maximum absolute atomic E-state index is 12.0. The molecule has 2 amide bonds. The predicted octanol–water partition coefficient (Wildman–Crippen LogP) is 1.90. The highest BCUT2D eigenvalue weighted by Gasteiger charge is 2.25. The van der Waals surface area contributed by atoms with Crippen LogP contribution in [0.25, 0.3) is 0 Å². The summed E-state index contributed by atoms with van der Waals surface area (Å²) in [6.07, 6.45) is 2.23. The minimum atomic E-state index is -0.463. The number of rotatable bonds is 3. The number of ether oxygens (including phenoxy) is 1.